The predicted octanol–water partition coefficient (Wildman–Crippen LogP) is 6.86. The first-order chi connectivity index (χ1) is 18.2. The van der Waals surface area contributed by atoms with Gasteiger partial charge in [-0.05, 0) is 77.0 Å². The molecule has 7 heteroatoms. The average molecular weight is 538 g/mol. The summed E-state index contributed by atoms with van der Waals surface area (Å²) in [5, 5.41) is 5.92. The minimum Gasteiger partial charge on any atom is -0.444 e. The number of hydrogen-bond acceptors (Lipinski definition) is 4. The zero-order chi connectivity index (χ0) is 29.3. The quantitative estimate of drug-likeness (QED) is 0.328. The number of aryl methyl sites for hydroxylation is 3. The first kappa shape index (κ1) is 31.9. The van der Waals surface area contributed by atoms with Gasteiger partial charge in [-0.25, -0.2) is 4.79 Å². The van der Waals surface area contributed by atoms with Gasteiger partial charge >= 0.3 is 6.09 Å². The number of benzene rings is 2. The van der Waals surface area contributed by atoms with Crippen LogP contribution < -0.4 is 10.6 Å². The highest BCUT2D eigenvalue weighted by molar-refractivity contribution is 5.99. The fourth-order valence-corrected chi connectivity index (χ4v) is 4.55. The van der Waals surface area contributed by atoms with Crippen molar-refractivity contribution in [3.63, 3.8) is 0 Å². The molecule has 0 fully saturated rings. The number of amides is 3. The molecule has 0 spiro atoms. The highest BCUT2D eigenvalue weighted by atomic mass is 16.6. The molecule has 2 N–H and O–H groups in total. The van der Waals surface area contributed by atoms with Gasteiger partial charge in [-0.1, -0.05) is 75.2 Å². The molecule has 3 amide bonds. The number of nitrogens with zero attached hydrogens (tertiary/aromatic N) is 1. The lowest BCUT2D eigenvalue weighted by Gasteiger charge is -2.35. The molecular weight excluding hydrogens is 490 g/mol. The third kappa shape index (κ3) is 9.72. The van der Waals surface area contributed by atoms with E-state index in [0.717, 1.165) is 34.4 Å². The highest BCUT2D eigenvalue weighted by Gasteiger charge is 2.36. The smallest absolute Gasteiger partial charge is 0.408 e. The number of para-hydroxylation sites is 1. The third-order valence-corrected chi connectivity index (χ3v) is 6.38. The number of hydrogen-bond donors (Lipinski definition) is 2. The number of rotatable bonds is 11. The molecule has 2 atom stereocenters. The van der Waals surface area contributed by atoms with Gasteiger partial charge < -0.3 is 20.3 Å². The van der Waals surface area contributed by atoms with Gasteiger partial charge in [0.1, 0.15) is 17.7 Å². The molecule has 2 aromatic carbocycles. The molecular formula is C32H47N3O4. The fraction of sp³-hybridized carbons (Fsp3) is 0.531. The summed E-state index contributed by atoms with van der Waals surface area (Å²) >= 11 is 0. The van der Waals surface area contributed by atoms with Crippen LogP contribution in [-0.2, 0) is 14.3 Å². The minimum absolute atomic E-state index is 0.128. The summed E-state index contributed by atoms with van der Waals surface area (Å²) in [4.78, 5) is 42.7. The largest absolute Gasteiger partial charge is 0.444 e. The molecule has 0 aromatic heterocycles. The molecule has 0 aliphatic rings. The molecule has 0 saturated heterocycles. The first-order valence-corrected chi connectivity index (χ1v) is 14.0. The van der Waals surface area contributed by atoms with Crippen molar-refractivity contribution in [1.82, 2.24) is 10.2 Å². The van der Waals surface area contributed by atoms with Crippen molar-refractivity contribution in [2.45, 2.75) is 99.3 Å². The van der Waals surface area contributed by atoms with Crippen LogP contribution in [0.15, 0.2) is 42.5 Å². The van der Waals surface area contributed by atoms with E-state index in [0.29, 0.717) is 19.4 Å². The maximum absolute atomic E-state index is 14.3. The van der Waals surface area contributed by atoms with E-state index in [1.807, 2.05) is 84.0 Å². The van der Waals surface area contributed by atoms with Gasteiger partial charge in [0.15, 0.2) is 0 Å². The average Bonchev–Trinajstić information content (AvgIpc) is 2.81. The molecule has 0 aliphatic heterocycles. The van der Waals surface area contributed by atoms with Gasteiger partial charge in [0.2, 0.25) is 5.91 Å². The van der Waals surface area contributed by atoms with Gasteiger partial charge in [0, 0.05) is 12.2 Å². The fourth-order valence-electron chi connectivity index (χ4n) is 4.55. The van der Waals surface area contributed by atoms with E-state index in [9.17, 15) is 14.4 Å². The van der Waals surface area contributed by atoms with E-state index in [1.54, 1.807) is 25.7 Å². The summed E-state index contributed by atoms with van der Waals surface area (Å²) in [7, 11) is 0. The Morgan fingerprint density at radius 1 is 0.974 bits per heavy atom. The Balaban J connectivity index is 2.57. The third-order valence-electron chi connectivity index (χ3n) is 6.38. The molecule has 0 radical (unpaired) electrons. The number of unbranched alkanes of at least 4 members (excludes halogenated alkanes) is 1. The summed E-state index contributed by atoms with van der Waals surface area (Å²) in [6.07, 6.45) is 1.33. The van der Waals surface area contributed by atoms with E-state index >= 15 is 0 Å². The lowest BCUT2D eigenvalue weighted by molar-refractivity contribution is -0.141. The number of anilines is 1. The van der Waals surface area contributed by atoms with Gasteiger partial charge in [-0.2, -0.15) is 0 Å². The molecule has 0 saturated carbocycles. The molecule has 214 valence electrons. The summed E-state index contributed by atoms with van der Waals surface area (Å²) in [5.74, 6) is -0.461. The lowest BCUT2D eigenvalue weighted by Crippen LogP contribution is -2.53. The van der Waals surface area contributed by atoms with Crippen LogP contribution in [0.4, 0.5) is 10.5 Å². The van der Waals surface area contributed by atoms with Crippen molar-refractivity contribution >= 4 is 23.6 Å². The van der Waals surface area contributed by atoms with E-state index in [-0.39, 0.29) is 17.7 Å². The Labute approximate surface area is 234 Å². The number of nitrogens with one attached hydrogen (secondary N) is 2. The van der Waals surface area contributed by atoms with E-state index in [1.165, 1.54) is 0 Å². The van der Waals surface area contributed by atoms with Gasteiger partial charge in [0.05, 0.1) is 0 Å². The van der Waals surface area contributed by atoms with Crippen LogP contribution >= 0.6 is 0 Å². The van der Waals surface area contributed by atoms with Crippen LogP contribution in [0, 0.1) is 26.7 Å². The van der Waals surface area contributed by atoms with Crippen LogP contribution in [0.25, 0.3) is 0 Å². The number of carbonyl (C=O) groups excluding carboxylic acids is 3. The second-order valence-electron chi connectivity index (χ2n) is 11.8. The van der Waals surface area contributed by atoms with Gasteiger partial charge in [-0.3, -0.25) is 9.59 Å². The Morgan fingerprint density at radius 2 is 1.59 bits per heavy atom. The van der Waals surface area contributed by atoms with Crippen molar-refractivity contribution in [3.8, 4) is 0 Å². The Bertz CT molecular complexity index is 1120. The van der Waals surface area contributed by atoms with E-state index in [2.05, 4.69) is 10.6 Å². The zero-order valence-electron chi connectivity index (χ0n) is 25.2. The van der Waals surface area contributed by atoms with E-state index in [4.69, 9.17) is 4.74 Å². The Morgan fingerprint density at radius 3 is 2.13 bits per heavy atom. The topological polar surface area (TPSA) is 87.7 Å². The summed E-state index contributed by atoms with van der Waals surface area (Å²) in [5.41, 5.74) is 3.65. The van der Waals surface area contributed by atoms with Crippen LogP contribution in [0.5, 0.6) is 0 Å². The molecule has 0 bridgehead atoms. The summed E-state index contributed by atoms with van der Waals surface area (Å²) in [6, 6.07) is 11.8. The minimum atomic E-state index is -0.877. The molecule has 2 rings (SSSR count). The van der Waals surface area contributed by atoms with Crippen LogP contribution in [0.1, 0.15) is 89.1 Å². The summed E-state index contributed by atoms with van der Waals surface area (Å²) < 4.78 is 5.47. The SMILES string of the molecule is CCCCN(C(=O)C(CC(C)C)NC(=O)OC(C)(C)C)C(C(=O)Nc1c(C)cccc1C)c1cccc(C)c1. The molecule has 2 unspecified atom stereocenters. The molecule has 0 aliphatic carbocycles. The van der Waals surface area contributed by atoms with Crippen LogP contribution in [0.3, 0.4) is 0 Å². The Hall–Kier alpha value is -3.35. The molecule has 0 heterocycles. The van der Waals surface area contributed by atoms with Crippen LogP contribution in [0.2, 0.25) is 0 Å². The van der Waals surface area contributed by atoms with Crippen molar-refractivity contribution in [2.75, 3.05) is 11.9 Å². The zero-order valence-corrected chi connectivity index (χ0v) is 25.2. The lowest BCUT2D eigenvalue weighted by atomic mass is 9.97. The van der Waals surface area contributed by atoms with Crippen LogP contribution in [-0.4, -0.2) is 41.0 Å². The standard InChI is InChI=1S/C32H47N3O4/c1-10-11-18-35(30(37)26(19-21(2)3)33-31(38)39-32(7,8)9)28(25-17-12-14-22(4)20-25)29(36)34-27-23(5)15-13-16-24(27)6/h12-17,20-21,26,28H,10-11,18-19H2,1-9H3,(H,33,38)(H,34,36). The first-order valence-electron chi connectivity index (χ1n) is 14.0. The van der Waals surface area contributed by atoms with Crippen molar-refractivity contribution in [1.29, 1.82) is 0 Å². The number of alkyl carbamates (subject to hydrolysis) is 1. The summed E-state index contributed by atoms with van der Waals surface area (Å²) in [6.45, 7) is 17.6. The molecule has 2 aromatic rings. The van der Waals surface area contributed by atoms with Crippen molar-refractivity contribution < 1.29 is 19.1 Å². The monoisotopic (exact) mass is 537 g/mol. The van der Waals surface area contributed by atoms with Gasteiger partial charge in [0.25, 0.3) is 5.91 Å². The normalized spacial score (nSPS) is 13.0. The highest BCUT2D eigenvalue weighted by Crippen LogP contribution is 2.28. The van der Waals surface area contributed by atoms with Gasteiger partial charge in [-0.15, -0.1) is 0 Å². The Kier molecular flexibility index (Phi) is 11.6. The second-order valence-corrected chi connectivity index (χ2v) is 11.8. The van der Waals surface area contributed by atoms with E-state index < -0.39 is 23.8 Å². The molecule has 39 heavy (non-hydrogen) atoms. The maximum atomic E-state index is 14.3. The second kappa shape index (κ2) is 14.2. The van der Waals surface area contributed by atoms with Crippen molar-refractivity contribution in [3.05, 3.63) is 64.7 Å². The van der Waals surface area contributed by atoms with Crippen molar-refractivity contribution in [2.24, 2.45) is 5.92 Å². The molecule has 7 nitrogen and oxygen atoms in total. The maximum Gasteiger partial charge on any atom is 0.408 e. The predicted molar refractivity (Wildman–Crippen MR) is 158 cm³/mol. The number of carbonyl (C=O) groups is 3. The number of ether oxygens (including phenoxy) is 1.